The smallest absolute Gasteiger partial charge is 0.229 e. The maximum atomic E-state index is 11.8. The molecule has 0 aliphatic heterocycles. The molecule has 0 spiro atoms. The lowest BCUT2D eigenvalue weighted by Gasteiger charge is -2.04. The number of thiazole rings is 1. The van der Waals surface area contributed by atoms with Crippen molar-refractivity contribution in [1.29, 1.82) is 0 Å². The average Bonchev–Trinajstić information content (AvgIpc) is 3.30. The third-order valence-corrected chi connectivity index (χ3v) is 4.89. The van der Waals surface area contributed by atoms with Crippen molar-refractivity contribution in [2.45, 2.75) is 19.3 Å². The Kier molecular flexibility index (Phi) is 3.39. The van der Waals surface area contributed by atoms with Crippen LogP contribution in [0.5, 0.6) is 0 Å². The van der Waals surface area contributed by atoms with Crippen LogP contribution in [-0.4, -0.2) is 10.9 Å². The SMILES string of the molecule is O=C(Nc1ncc(Cc2cccc3ccccc23)s1)C1CC1. The monoisotopic (exact) mass is 308 g/mol. The predicted molar refractivity (Wildman–Crippen MR) is 90.2 cm³/mol. The molecule has 3 nitrogen and oxygen atoms in total. The first-order valence-electron chi connectivity index (χ1n) is 7.52. The molecule has 0 atom stereocenters. The van der Waals surface area contributed by atoms with Crippen molar-refractivity contribution >= 4 is 33.1 Å². The minimum absolute atomic E-state index is 0.117. The van der Waals surface area contributed by atoms with Gasteiger partial charge in [-0.3, -0.25) is 4.79 Å². The van der Waals surface area contributed by atoms with E-state index in [0.717, 1.165) is 19.3 Å². The summed E-state index contributed by atoms with van der Waals surface area (Å²) in [5.74, 6) is 0.330. The van der Waals surface area contributed by atoms with Crippen LogP contribution in [-0.2, 0) is 11.2 Å². The summed E-state index contributed by atoms with van der Waals surface area (Å²) in [6.07, 6.45) is 4.74. The van der Waals surface area contributed by atoms with E-state index in [9.17, 15) is 4.79 Å². The van der Waals surface area contributed by atoms with Gasteiger partial charge in [-0.05, 0) is 29.2 Å². The van der Waals surface area contributed by atoms with E-state index in [-0.39, 0.29) is 11.8 Å². The Labute approximate surface area is 133 Å². The van der Waals surface area contributed by atoms with Crippen LogP contribution < -0.4 is 5.32 Å². The highest BCUT2D eigenvalue weighted by Gasteiger charge is 2.30. The second-order valence-corrected chi connectivity index (χ2v) is 6.83. The highest BCUT2D eigenvalue weighted by Crippen LogP contribution is 2.31. The zero-order valence-corrected chi connectivity index (χ0v) is 12.9. The number of rotatable bonds is 4. The van der Waals surface area contributed by atoms with E-state index in [1.807, 2.05) is 6.20 Å². The van der Waals surface area contributed by atoms with Gasteiger partial charge >= 0.3 is 0 Å². The van der Waals surface area contributed by atoms with Gasteiger partial charge in [-0.1, -0.05) is 42.5 Å². The number of benzene rings is 2. The van der Waals surface area contributed by atoms with Gasteiger partial charge in [-0.2, -0.15) is 0 Å². The van der Waals surface area contributed by atoms with Crippen LogP contribution in [0.3, 0.4) is 0 Å². The summed E-state index contributed by atoms with van der Waals surface area (Å²) >= 11 is 1.57. The summed E-state index contributed by atoms with van der Waals surface area (Å²) < 4.78 is 0. The Hall–Kier alpha value is -2.20. The highest BCUT2D eigenvalue weighted by atomic mass is 32.1. The number of carbonyl (C=O) groups is 1. The lowest BCUT2D eigenvalue weighted by Crippen LogP contribution is -2.12. The number of aromatic nitrogens is 1. The first-order chi connectivity index (χ1) is 10.8. The Morgan fingerprint density at radius 1 is 1.18 bits per heavy atom. The number of nitrogens with zero attached hydrogens (tertiary/aromatic N) is 1. The van der Waals surface area contributed by atoms with Gasteiger partial charge in [-0.15, -0.1) is 11.3 Å². The highest BCUT2D eigenvalue weighted by molar-refractivity contribution is 7.15. The predicted octanol–water partition coefficient (Wildman–Crippen LogP) is 4.24. The number of hydrogen-bond donors (Lipinski definition) is 1. The Morgan fingerprint density at radius 2 is 2.00 bits per heavy atom. The van der Waals surface area contributed by atoms with Crippen molar-refractivity contribution < 1.29 is 4.79 Å². The van der Waals surface area contributed by atoms with E-state index in [4.69, 9.17) is 0 Å². The summed E-state index contributed by atoms with van der Waals surface area (Å²) in [5, 5.41) is 6.17. The topological polar surface area (TPSA) is 42.0 Å². The molecular weight excluding hydrogens is 292 g/mol. The molecule has 1 amide bonds. The first kappa shape index (κ1) is 13.5. The molecule has 0 bridgehead atoms. The maximum Gasteiger partial charge on any atom is 0.229 e. The molecule has 1 aliphatic rings. The second kappa shape index (κ2) is 5.54. The van der Waals surface area contributed by atoms with Gasteiger partial charge in [0.15, 0.2) is 5.13 Å². The van der Waals surface area contributed by atoms with Gasteiger partial charge in [0.25, 0.3) is 0 Å². The third kappa shape index (κ3) is 2.74. The standard InChI is InChI=1S/C18H16N2OS/c21-17(13-8-9-13)20-18-19-11-15(22-18)10-14-6-3-5-12-4-1-2-7-16(12)14/h1-7,11,13H,8-10H2,(H,19,20,21). The summed E-state index contributed by atoms with van der Waals surface area (Å²) in [6, 6.07) is 14.8. The molecule has 22 heavy (non-hydrogen) atoms. The first-order valence-corrected chi connectivity index (χ1v) is 8.33. The van der Waals surface area contributed by atoms with E-state index in [1.165, 1.54) is 21.2 Å². The number of fused-ring (bicyclic) bond motifs is 1. The Bertz CT molecular complexity index is 830. The average molecular weight is 308 g/mol. The fraction of sp³-hybridized carbons (Fsp3) is 0.222. The molecule has 1 N–H and O–H groups in total. The minimum Gasteiger partial charge on any atom is -0.302 e. The van der Waals surface area contributed by atoms with E-state index >= 15 is 0 Å². The fourth-order valence-corrected chi connectivity index (χ4v) is 3.47. The third-order valence-electron chi connectivity index (χ3n) is 3.98. The minimum atomic E-state index is 0.117. The lowest BCUT2D eigenvalue weighted by molar-refractivity contribution is -0.117. The van der Waals surface area contributed by atoms with Gasteiger partial charge in [0.1, 0.15) is 0 Å². The molecule has 4 heteroatoms. The van der Waals surface area contributed by atoms with Crippen LogP contribution in [0.4, 0.5) is 5.13 Å². The molecular formula is C18H16N2OS. The normalized spacial score (nSPS) is 14.2. The largest absolute Gasteiger partial charge is 0.302 e. The van der Waals surface area contributed by atoms with Crippen molar-refractivity contribution in [3.63, 3.8) is 0 Å². The Balaban J connectivity index is 1.55. The summed E-state index contributed by atoms with van der Waals surface area (Å²) in [5.41, 5.74) is 1.29. The molecule has 0 radical (unpaired) electrons. The van der Waals surface area contributed by atoms with Gasteiger partial charge < -0.3 is 5.32 Å². The molecule has 1 aromatic heterocycles. The van der Waals surface area contributed by atoms with Crippen molar-refractivity contribution in [3.8, 4) is 0 Å². The molecule has 2 aromatic carbocycles. The van der Waals surface area contributed by atoms with Gasteiger partial charge in [0, 0.05) is 23.4 Å². The van der Waals surface area contributed by atoms with Gasteiger partial charge in [0.05, 0.1) is 0 Å². The molecule has 1 fully saturated rings. The zero-order valence-electron chi connectivity index (χ0n) is 12.1. The van der Waals surface area contributed by atoms with Crippen LogP contribution in [0.25, 0.3) is 10.8 Å². The number of carbonyl (C=O) groups excluding carboxylic acids is 1. The maximum absolute atomic E-state index is 11.8. The van der Waals surface area contributed by atoms with Gasteiger partial charge in [0.2, 0.25) is 5.91 Å². The van der Waals surface area contributed by atoms with Gasteiger partial charge in [-0.25, -0.2) is 4.98 Å². The van der Waals surface area contributed by atoms with Crippen LogP contribution in [0.1, 0.15) is 23.3 Å². The van der Waals surface area contributed by atoms with Crippen molar-refractivity contribution in [2.75, 3.05) is 5.32 Å². The van der Waals surface area contributed by atoms with Crippen LogP contribution in [0, 0.1) is 5.92 Å². The summed E-state index contributed by atoms with van der Waals surface area (Å²) in [7, 11) is 0. The van der Waals surface area contributed by atoms with Crippen molar-refractivity contribution in [2.24, 2.45) is 5.92 Å². The van der Waals surface area contributed by atoms with Crippen LogP contribution in [0.2, 0.25) is 0 Å². The zero-order chi connectivity index (χ0) is 14.9. The molecule has 4 rings (SSSR count). The van der Waals surface area contributed by atoms with Crippen LogP contribution >= 0.6 is 11.3 Å². The van der Waals surface area contributed by atoms with E-state index in [2.05, 4.69) is 52.8 Å². The summed E-state index contributed by atoms with van der Waals surface area (Å²) in [6.45, 7) is 0. The molecule has 1 heterocycles. The van der Waals surface area contributed by atoms with E-state index in [0.29, 0.717) is 5.13 Å². The Morgan fingerprint density at radius 3 is 2.86 bits per heavy atom. The molecule has 0 saturated heterocycles. The molecule has 1 saturated carbocycles. The lowest BCUT2D eigenvalue weighted by atomic mass is 10.0. The molecule has 0 unspecified atom stereocenters. The summed E-state index contributed by atoms with van der Waals surface area (Å²) in [4.78, 5) is 17.3. The molecule has 3 aromatic rings. The van der Waals surface area contributed by atoms with E-state index in [1.54, 1.807) is 11.3 Å². The van der Waals surface area contributed by atoms with Crippen molar-refractivity contribution in [3.05, 3.63) is 59.1 Å². The number of nitrogens with one attached hydrogen (secondary N) is 1. The van der Waals surface area contributed by atoms with Crippen molar-refractivity contribution in [1.82, 2.24) is 4.98 Å². The number of amides is 1. The quantitative estimate of drug-likeness (QED) is 0.783. The van der Waals surface area contributed by atoms with E-state index < -0.39 is 0 Å². The van der Waals surface area contributed by atoms with Crippen LogP contribution in [0.15, 0.2) is 48.7 Å². The number of anilines is 1. The second-order valence-electron chi connectivity index (χ2n) is 5.71. The number of hydrogen-bond acceptors (Lipinski definition) is 3. The molecule has 110 valence electrons. The fourth-order valence-electron chi connectivity index (χ4n) is 2.63. The molecule has 1 aliphatic carbocycles.